The van der Waals surface area contributed by atoms with Gasteiger partial charge in [-0.1, -0.05) is 25.7 Å². The van der Waals surface area contributed by atoms with E-state index in [0.717, 1.165) is 25.7 Å². The normalized spacial score (nSPS) is 19.2. The van der Waals surface area contributed by atoms with Crippen LogP contribution in [0.1, 0.15) is 51.9 Å². The zero-order chi connectivity index (χ0) is 19.4. The molecule has 148 valence electrons. The summed E-state index contributed by atoms with van der Waals surface area (Å²) in [5.41, 5.74) is 0.336. The molecule has 1 saturated carbocycles. The highest BCUT2D eigenvalue weighted by molar-refractivity contribution is 7.92. The monoisotopic (exact) mass is 394 g/mol. The molecule has 0 unspecified atom stereocenters. The van der Waals surface area contributed by atoms with E-state index in [4.69, 9.17) is 4.74 Å². The molecule has 2 N–H and O–H groups in total. The summed E-state index contributed by atoms with van der Waals surface area (Å²) in [6, 6.07) is 4.51. The van der Waals surface area contributed by atoms with Gasteiger partial charge in [0.1, 0.15) is 5.75 Å². The molecule has 1 atom stereocenters. The third-order valence-electron chi connectivity index (χ3n) is 5.14. The first-order valence-corrected chi connectivity index (χ1v) is 11.0. The van der Waals surface area contributed by atoms with Crippen LogP contribution in [0.5, 0.6) is 5.75 Å². The Balaban J connectivity index is 1.66. The van der Waals surface area contributed by atoms with Crippen molar-refractivity contribution < 1.29 is 22.7 Å². The Kier molecular flexibility index (Phi) is 6.04. The molecule has 0 saturated heterocycles. The summed E-state index contributed by atoms with van der Waals surface area (Å²) in [5, 5.41) is 4.73. The second kappa shape index (κ2) is 8.29. The molecule has 0 aromatic heterocycles. The van der Waals surface area contributed by atoms with Crippen molar-refractivity contribution in [1.29, 1.82) is 0 Å². The predicted molar refractivity (Wildman–Crippen MR) is 101 cm³/mol. The Morgan fingerprint density at radius 3 is 2.67 bits per heavy atom. The minimum atomic E-state index is -3.70. The van der Waals surface area contributed by atoms with Gasteiger partial charge >= 0.3 is 0 Å². The maximum atomic E-state index is 12.8. The molecule has 8 heteroatoms. The summed E-state index contributed by atoms with van der Waals surface area (Å²) in [4.78, 5) is 23.8. The number of nitrogens with one attached hydrogen (secondary N) is 2. The first kappa shape index (κ1) is 19.7. The average molecular weight is 394 g/mol. The van der Waals surface area contributed by atoms with Gasteiger partial charge in [-0.05, 0) is 38.0 Å². The van der Waals surface area contributed by atoms with Crippen LogP contribution in [0.3, 0.4) is 0 Å². The van der Waals surface area contributed by atoms with Crippen LogP contribution >= 0.6 is 0 Å². The number of rotatable bonds is 5. The summed E-state index contributed by atoms with van der Waals surface area (Å²) < 4.78 is 30.9. The number of hydrogen-bond donors (Lipinski definition) is 2. The van der Waals surface area contributed by atoms with E-state index in [1.807, 2.05) is 0 Å². The molecular formula is C19H26N2O5S. The van der Waals surface area contributed by atoms with E-state index in [2.05, 4.69) is 10.6 Å². The Labute approximate surface area is 159 Å². The largest absolute Gasteiger partial charge is 0.482 e. The second-order valence-corrected chi connectivity index (χ2v) is 9.68. The summed E-state index contributed by atoms with van der Waals surface area (Å²) in [6.45, 7) is 1.45. The Bertz CT molecular complexity index is 813. The second-order valence-electron chi connectivity index (χ2n) is 7.31. The maximum absolute atomic E-state index is 12.8. The fraction of sp³-hybridized carbons (Fsp3) is 0.579. The van der Waals surface area contributed by atoms with Crippen molar-refractivity contribution in [2.75, 3.05) is 11.9 Å². The lowest BCUT2D eigenvalue weighted by Crippen LogP contribution is -2.37. The van der Waals surface area contributed by atoms with Gasteiger partial charge in [-0.15, -0.1) is 0 Å². The smallest absolute Gasteiger partial charge is 0.262 e. The van der Waals surface area contributed by atoms with Crippen molar-refractivity contribution in [3.63, 3.8) is 0 Å². The summed E-state index contributed by atoms with van der Waals surface area (Å²) in [5.74, 6) is -0.118. The molecule has 1 aromatic carbocycles. The molecule has 3 rings (SSSR count). The number of sulfone groups is 1. The van der Waals surface area contributed by atoms with Gasteiger partial charge in [0.15, 0.2) is 16.4 Å². The van der Waals surface area contributed by atoms with E-state index in [-0.39, 0.29) is 35.8 Å². The molecule has 27 heavy (non-hydrogen) atoms. The topological polar surface area (TPSA) is 102 Å². The highest BCUT2D eigenvalue weighted by Gasteiger charge is 2.28. The van der Waals surface area contributed by atoms with Gasteiger partial charge < -0.3 is 15.4 Å². The number of benzene rings is 1. The first-order valence-electron chi connectivity index (χ1n) is 9.46. The third-order valence-corrected chi connectivity index (χ3v) is 7.27. The average Bonchev–Trinajstić information content (AvgIpc) is 2.89. The van der Waals surface area contributed by atoms with Crippen molar-refractivity contribution in [1.82, 2.24) is 5.32 Å². The Morgan fingerprint density at radius 2 is 1.96 bits per heavy atom. The van der Waals surface area contributed by atoms with Gasteiger partial charge in [-0.25, -0.2) is 8.42 Å². The molecule has 2 aliphatic rings. The van der Waals surface area contributed by atoms with E-state index in [1.165, 1.54) is 38.0 Å². The number of amides is 2. The van der Waals surface area contributed by atoms with Gasteiger partial charge in [0.05, 0.1) is 15.8 Å². The number of carbonyl (C=O) groups excluding carboxylic acids is 2. The van der Waals surface area contributed by atoms with Crippen LogP contribution in [0, 0.1) is 0 Å². The van der Waals surface area contributed by atoms with E-state index in [9.17, 15) is 18.0 Å². The third kappa shape index (κ3) is 4.80. The SMILES string of the molecule is C[C@@H](CC(=O)NC1CCCCCC1)S(=O)(=O)c1ccc2c(c1)NC(=O)CO2. The van der Waals surface area contributed by atoms with Crippen molar-refractivity contribution in [2.45, 2.75) is 68.1 Å². The van der Waals surface area contributed by atoms with Gasteiger partial charge in [0.2, 0.25) is 5.91 Å². The highest BCUT2D eigenvalue weighted by atomic mass is 32.2. The van der Waals surface area contributed by atoms with Crippen molar-refractivity contribution >= 4 is 27.3 Å². The van der Waals surface area contributed by atoms with E-state index < -0.39 is 15.1 Å². The Hall–Kier alpha value is -2.09. The number of hydrogen-bond acceptors (Lipinski definition) is 5. The number of anilines is 1. The van der Waals surface area contributed by atoms with Crippen LogP contribution in [0.15, 0.2) is 23.1 Å². The molecule has 2 amide bonds. The molecular weight excluding hydrogens is 368 g/mol. The van der Waals surface area contributed by atoms with Crippen LogP contribution in [0.4, 0.5) is 5.69 Å². The molecule has 1 heterocycles. The standard InChI is InChI=1S/C19H26N2O5S/c1-13(10-18(22)20-14-6-4-2-3-5-7-14)27(24,25)15-8-9-17-16(11-15)21-19(23)12-26-17/h8-9,11,13-14H,2-7,10,12H2,1H3,(H,20,22)(H,21,23)/t13-/m0/s1. The quantitative estimate of drug-likeness (QED) is 0.747. The highest BCUT2D eigenvalue weighted by Crippen LogP contribution is 2.31. The fourth-order valence-electron chi connectivity index (χ4n) is 3.55. The van der Waals surface area contributed by atoms with E-state index in [0.29, 0.717) is 11.4 Å². The van der Waals surface area contributed by atoms with Gasteiger partial charge in [-0.2, -0.15) is 0 Å². The Morgan fingerprint density at radius 1 is 1.26 bits per heavy atom. The van der Waals surface area contributed by atoms with Crippen molar-refractivity contribution in [3.8, 4) is 5.75 Å². The lowest BCUT2D eigenvalue weighted by atomic mass is 10.1. The summed E-state index contributed by atoms with van der Waals surface area (Å²) in [7, 11) is -3.70. The minimum Gasteiger partial charge on any atom is -0.482 e. The van der Waals surface area contributed by atoms with Gasteiger partial charge in [0.25, 0.3) is 5.91 Å². The molecule has 1 aliphatic heterocycles. The van der Waals surface area contributed by atoms with Crippen molar-refractivity contribution in [3.05, 3.63) is 18.2 Å². The number of carbonyl (C=O) groups is 2. The molecule has 0 bridgehead atoms. The van der Waals surface area contributed by atoms with Gasteiger partial charge in [-0.3, -0.25) is 9.59 Å². The molecule has 1 aromatic rings. The van der Waals surface area contributed by atoms with Crippen LogP contribution in [-0.2, 0) is 19.4 Å². The zero-order valence-corrected chi connectivity index (χ0v) is 16.3. The van der Waals surface area contributed by atoms with Crippen LogP contribution in [-0.4, -0.2) is 38.1 Å². The zero-order valence-electron chi connectivity index (χ0n) is 15.5. The summed E-state index contributed by atoms with van der Waals surface area (Å²) >= 11 is 0. The number of ether oxygens (including phenoxy) is 1. The van der Waals surface area contributed by atoms with Crippen LogP contribution < -0.4 is 15.4 Å². The minimum absolute atomic E-state index is 0.0711. The molecule has 0 radical (unpaired) electrons. The van der Waals surface area contributed by atoms with Crippen molar-refractivity contribution in [2.24, 2.45) is 0 Å². The molecule has 1 fully saturated rings. The maximum Gasteiger partial charge on any atom is 0.262 e. The molecule has 0 spiro atoms. The van der Waals surface area contributed by atoms with Crippen LogP contribution in [0.25, 0.3) is 0 Å². The predicted octanol–water partition coefficient (Wildman–Crippen LogP) is 2.41. The van der Waals surface area contributed by atoms with E-state index in [1.54, 1.807) is 0 Å². The molecule has 7 nitrogen and oxygen atoms in total. The molecule has 1 aliphatic carbocycles. The summed E-state index contributed by atoms with van der Waals surface area (Å²) in [6.07, 6.45) is 6.41. The van der Waals surface area contributed by atoms with Crippen LogP contribution in [0.2, 0.25) is 0 Å². The fourth-order valence-corrected chi connectivity index (χ4v) is 4.93. The number of fused-ring (bicyclic) bond motifs is 1. The lowest BCUT2D eigenvalue weighted by Gasteiger charge is -2.20. The lowest BCUT2D eigenvalue weighted by molar-refractivity contribution is -0.122. The van der Waals surface area contributed by atoms with E-state index >= 15 is 0 Å². The van der Waals surface area contributed by atoms with Gasteiger partial charge in [0, 0.05) is 12.5 Å². The first-order chi connectivity index (χ1) is 12.9.